The number of amides is 1. The van der Waals surface area contributed by atoms with E-state index in [1.165, 1.54) is 17.0 Å². The average molecular weight is 507 g/mol. The lowest BCUT2D eigenvalue weighted by atomic mass is 10.2. The predicted octanol–water partition coefficient (Wildman–Crippen LogP) is 5.17. The molecule has 1 aliphatic rings. The third-order valence-corrected chi connectivity index (χ3v) is 8.40. The van der Waals surface area contributed by atoms with Crippen molar-refractivity contribution in [1.29, 1.82) is 0 Å². The number of carbonyl (C=O) groups excluding carboxylic acids is 1. The van der Waals surface area contributed by atoms with Crippen LogP contribution < -0.4 is 9.47 Å². The number of carbonyl (C=O) groups is 1. The molecule has 0 saturated carbocycles. The van der Waals surface area contributed by atoms with Crippen molar-refractivity contribution in [3.63, 3.8) is 0 Å². The van der Waals surface area contributed by atoms with Gasteiger partial charge in [-0.15, -0.1) is 22.3 Å². The molecule has 0 atom stereocenters. The van der Waals surface area contributed by atoms with Crippen molar-refractivity contribution in [3.05, 3.63) is 58.8 Å². The summed E-state index contributed by atoms with van der Waals surface area (Å²) in [5.74, 6) is 0.867. The average Bonchev–Trinajstić information content (AvgIpc) is 3.43. The molecule has 1 amide bonds. The Balaban J connectivity index is 1.86. The molecule has 0 radical (unpaired) electrons. The van der Waals surface area contributed by atoms with Crippen LogP contribution in [-0.2, 0) is 14.8 Å². The molecular weight excluding hydrogens is 480 g/mol. The summed E-state index contributed by atoms with van der Waals surface area (Å²) in [6.07, 6.45) is 6.39. The molecule has 1 aromatic heterocycles. The molecular formula is C23H26N2O5S3. The zero-order valence-electron chi connectivity index (χ0n) is 18.5. The van der Waals surface area contributed by atoms with E-state index in [0.29, 0.717) is 23.0 Å². The summed E-state index contributed by atoms with van der Waals surface area (Å²) in [5, 5.41) is 1.76. The number of rotatable bonds is 11. The fraction of sp³-hybridized carbons (Fsp3) is 0.304. The number of benzene rings is 1. The van der Waals surface area contributed by atoms with Crippen LogP contribution in [0.15, 0.2) is 61.9 Å². The fourth-order valence-electron chi connectivity index (χ4n) is 3.00. The van der Waals surface area contributed by atoms with Crippen LogP contribution >= 0.6 is 23.1 Å². The molecule has 2 aromatic rings. The highest BCUT2D eigenvalue weighted by Gasteiger charge is 2.34. The molecule has 176 valence electrons. The van der Waals surface area contributed by atoms with Gasteiger partial charge < -0.3 is 9.47 Å². The first-order chi connectivity index (χ1) is 15.9. The van der Waals surface area contributed by atoms with E-state index in [9.17, 15) is 13.2 Å². The minimum Gasteiger partial charge on any atom is -0.493 e. The van der Waals surface area contributed by atoms with Crippen molar-refractivity contribution in [1.82, 2.24) is 4.90 Å². The van der Waals surface area contributed by atoms with Crippen molar-refractivity contribution < 1.29 is 22.7 Å². The molecule has 1 saturated heterocycles. The molecule has 10 heteroatoms. The second-order valence-corrected chi connectivity index (χ2v) is 10.8. The van der Waals surface area contributed by atoms with Gasteiger partial charge >= 0.3 is 0 Å². The maximum absolute atomic E-state index is 13.0. The van der Waals surface area contributed by atoms with Crippen molar-refractivity contribution in [2.24, 2.45) is 4.40 Å². The van der Waals surface area contributed by atoms with E-state index in [-0.39, 0.29) is 21.8 Å². The van der Waals surface area contributed by atoms with Crippen LogP contribution in [0.2, 0.25) is 0 Å². The molecule has 33 heavy (non-hydrogen) atoms. The van der Waals surface area contributed by atoms with E-state index in [1.807, 2.05) is 6.07 Å². The molecule has 0 spiro atoms. The highest BCUT2D eigenvalue weighted by molar-refractivity contribution is 8.19. The first-order valence-corrected chi connectivity index (χ1v) is 13.5. The van der Waals surface area contributed by atoms with E-state index in [4.69, 9.17) is 9.47 Å². The van der Waals surface area contributed by atoms with Crippen LogP contribution in [0.4, 0.5) is 0 Å². The third-order valence-electron chi connectivity index (χ3n) is 4.64. The van der Waals surface area contributed by atoms with E-state index in [2.05, 4.69) is 17.9 Å². The van der Waals surface area contributed by atoms with Crippen molar-refractivity contribution in [3.8, 4) is 11.5 Å². The quantitative estimate of drug-likeness (QED) is 0.237. The molecule has 0 aliphatic carbocycles. The molecule has 1 aromatic carbocycles. The first-order valence-electron chi connectivity index (χ1n) is 10.4. The predicted molar refractivity (Wildman–Crippen MR) is 134 cm³/mol. The summed E-state index contributed by atoms with van der Waals surface area (Å²) in [5.41, 5.74) is 0.726. The largest absolute Gasteiger partial charge is 0.493 e. The van der Waals surface area contributed by atoms with Gasteiger partial charge in [0.25, 0.3) is 15.9 Å². The summed E-state index contributed by atoms with van der Waals surface area (Å²) in [6.45, 7) is 6.55. The van der Waals surface area contributed by atoms with Crippen molar-refractivity contribution >= 4 is 50.3 Å². The molecule has 1 aliphatic heterocycles. The lowest BCUT2D eigenvalue weighted by Crippen LogP contribution is -2.29. The summed E-state index contributed by atoms with van der Waals surface area (Å²) in [7, 11) is -2.34. The number of hydrogen-bond acceptors (Lipinski definition) is 7. The number of sulfonamides is 1. The lowest BCUT2D eigenvalue weighted by Gasteiger charge is -2.12. The number of methoxy groups -OCH3 is 1. The zero-order valence-corrected chi connectivity index (χ0v) is 21.0. The Bertz CT molecular complexity index is 1150. The van der Waals surface area contributed by atoms with Gasteiger partial charge in [-0.2, -0.15) is 8.42 Å². The zero-order chi connectivity index (χ0) is 23.8. The van der Waals surface area contributed by atoms with E-state index >= 15 is 0 Å². The summed E-state index contributed by atoms with van der Waals surface area (Å²) in [4.78, 5) is 14.6. The Morgan fingerprint density at radius 3 is 2.70 bits per heavy atom. The Hall–Kier alpha value is -2.56. The molecule has 0 bridgehead atoms. The minimum atomic E-state index is -3.91. The van der Waals surface area contributed by atoms with Gasteiger partial charge in [-0.25, -0.2) is 0 Å². The summed E-state index contributed by atoms with van der Waals surface area (Å²) in [6, 6.07) is 8.54. The van der Waals surface area contributed by atoms with Crippen molar-refractivity contribution in [2.75, 3.05) is 20.3 Å². The summed E-state index contributed by atoms with van der Waals surface area (Å²) < 4.78 is 40.5. The van der Waals surface area contributed by atoms with Gasteiger partial charge in [-0.05, 0) is 53.4 Å². The number of amidine groups is 1. The number of nitrogens with zero attached hydrogens (tertiary/aromatic N) is 2. The fourth-order valence-corrected chi connectivity index (χ4v) is 6.16. The second-order valence-electron chi connectivity index (χ2n) is 7.06. The maximum Gasteiger partial charge on any atom is 0.294 e. The van der Waals surface area contributed by atoms with Crippen LogP contribution in [0.1, 0.15) is 31.7 Å². The van der Waals surface area contributed by atoms with Crippen LogP contribution in [0.3, 0.4) is 0 Å². The molecule has 1 fully saturated rings. The molecule has 2 heterocycles. The van der Waals surface area contributed by atoms with Gasteiger partial charge in [-0.1, -0.05) is 38.0 Å². The van der Waals surface area contributed by atoms with Crippen LogP contribution in [-0.4, -0.2) is 44.7 Å². The van der Waals surface area contributed by atoms with Crippen LogP contribution in [0.25, 0.3) is 6.08 Å². The monoisotopic (exact) mass is 506 g/mol. The Morgan fingerprint density at radius 1 is 1.21 bits per heavy atom. The van der Waals surface area contributed by atoms with Gasteiger partial charge in [0.1, 0.15) is 4.21 Å². The standard InChI is InChI=1S/C23H26N2O5S3/c1-4-6-7-13-30-18-11-10-17(15-19(18)29-3)16-20-22(26)25(12-5-2)23(32-20)24-33(27,28)21-9-8-14-31-21/h5,8-11,14-16H,2,4,6-7,12-13H2,1,3H3/b20-16-,24-23?. The smallest absolute Gasteiger partial charge is 0.294 e. The van der Waals surface area contributed by atoms with Gasteiger partial charge in [0.05, 0.1) is 18.6 Å². The van der Waals surface area contributed by atoms with Gasteiger partial charge in [-0.3, -0.25) is 9.69 Å². The Labute approximate surface area is 202 Å². The van der Waals surface area contributed by atoms with Gasteiger partial charge in [0.2, 0.25) is 0 Å². The second kappa shape index (κ2) is 11.5. The maximum atomic E-state index is 13.0. The Morgan fingerprint density at radius 2 is 2.03 bits per heavy atom. The minimum absolute atomic E-state index is 0.0994. The van der Waals surface area contributed by atoms with Gasteiger partial charge in [0, 0.05) is 6.54 Å². The highest BCUT2D eigenvalue weighted by Crippen LogP contribution is 2.36. The number of unbranched alkanes of at least 4 members (excludes halogenated alkanes) is 2. The molecule has 3 rings (SSSR count). The van der Waals surface area contributed by atoms with Crippen LogP contribution in [0, 0.1) is 0 Å². The lowest BCUT2D eigenvalue weighted by molar-refractivity contribution is -0.121. The highest BCUT2D eigenvalue weighted by atomic mass is 32.2. The van der Waals surface area contributed by atoms with Crippen molar-refractivity contribution in [2.45, 2.75) is 30.4 Å². The topological polar surface area (TPSA) is 85.3 Å². The van der Waals surface area contributed by atoms with Gasteiger partial charge in [0.15, 0.2) is 16.7 Å². The Kier molecular flexibility index (Phi) is 8.76. The number of ether oxygens (including phenoxy) is 2. The van der Waals surface area contributed by atoms with E-state index in [0.717, 1.165) is 47.9 Å². The van der Waals surface area contributed by atoms with E-state index < -0.39 is 10.0 Å². The van der Waals surface area contributed by atoms with E-state index in [1.54, 1.807) is 36.8 Å². The number of hydrogen-bond donors (Lipinski definition) is 0. The normalized spacial score (nSPS) is 16.5. The third kappa shape index (κ3) is 6.27. The SMILES string of the molecule is C=CCN1C(=O)/C(=C/c2ccc(OCCCCC)c(OC)c2)SC1=NS(=O)(=O)c1cccs1. The first kappa shape index (κ1) is 25.1. The number of thioether (sulfide) groups is 1. The summed E-state index contributed by atoms with van der Waals surface area (Å²) >= 11 is 2.09. The molecule has 0 N–H and O–H groups in total. The van der Waals surface area contributed by atoms with Crippen LogP contribution in [0.5, 0.6) is 11.5 Å². The number of thiophene rings is 1. The molecule has 0 unspecified atom stereocenters. The molecule has 7 nitrogen and oxygen atoms in total.